The van der Waals surface area contributed by atoms with Gasteiger partial charge in [-0.05, 0) is 56.4 Å². The van der Waals surface area contributed by atoms with Crippen LogP contribution in [0.3, 0.4) is 0 Å². The Labute approximate surface area is 174 Å². The van der Waals surface area contributed by atoms with E-state index < -0.39 is 18.0 Å². The molecule has 0 aliphatic carbocycles. The lowest BCUT2D eigenvalue weighted by Crippen LogP contribution is -2.39. The zero-order valence-corrected chi connectivity index (χ0v) is 17.0. The number of likely N-dealkylation sites (tertiary alicyclic amines) is 1. The summed E-state index contributed by atoms with van der Waals surface area (Å²) in [5, 5.41) is 9.30. The SMILES string of the molecule is CCO[C@@H]1OC(C(=O)N2CCCC2)=C[C@H](c2ccc(C(F)(F)F)cc2)[C@H]1CCCO. The maximum absolute atomic E-state index is 13.0. The number of carbonyl (C=O) groups is 1. The van der Waals surface area contributed by atoms with Crippen molar-refractivity contribution in [2.75, 3.05) is 26.3 Å². The number of nitrogens with zero attached hydrogens (tertiary/aromatic N) is 1. The van der Waals surface area contributed by atoms with Crippen molar-refractivity contribution in [2.24, 2.45) is 5.92 Å². The smallest absolute Gasteiger partial charge is 0.416 e. The summed E-state index contributed by atoms with van der Waals surface area (Å²) in [5.41, 5.74) is -0.0606. The molecule has 30 heavy (non-hydrogen) atoms. The molecule has 2 heterocycles. The van der Waals surface area contributed by atoms with Gasteiger partial charge in [-0.1, -0.05) is 12.1 Å². The Balaban J connectivity index is 1.95. The first-order valence-electron chi connectivity index (χ1n) is 10.4. The Kier molecular flexibility index (Phi) is 7.41. The van der Waals surface area contributed by atoms with Crippen LogP contribution in [0.1, 0.15) is 49.7 Å². The highest BCUT2D eigenvalue weighted by Crippen LogP contribution is 2.40. The number of halogens is 3. The normalized spacial score (nSPS) is 24.5. The highest BCUT2D eigenvalue weighted by molar-refractivity contribution is 5.92. The zero-order valence-electron chi connectivity index (χ0n) is 17.0. The number of ether oxygens (including phenoxy) is 2. The van der Waals surface area contributed by atoms with Gasteiger partial charge in [-0.3, -0.25) is 4.79 Å². The Morgan fingerprint density at radius 3 is 2.47 bits per heavy atom. The molecule has 1 aromatic carbocycles. The first-order valence-corrected chi connectivity index (χ1v) is 10.4. The summed E-state index contributed by atoms with van der Waals surface area (Å²) in [6, 6.07) is 5.00. The van der Waals surface area contributed by atoms with Gasteiger partial charge < -0.3 is 19.5 Å². The Morgan fingerprint density at radius 1 is 1.23 bits per heavy atom. The van der Waals surface area contributed by atoms with Gasteiger partial charge in [0, 0.05) is 38.1 Å². The highest BCUT2D eigenvalue weighted by Gasteiger charge is 2.39. The van der Waals surface area contributed by atoms with Crippen molar-refractivity contribution in [2.45, 2.75) is 51.0 Å². The third-order valence-electron chi connectivity index (χ3n) is 5.64. The van der Waals surface area contributed by atoms with Gasteiger partial charge in [0.1, 0.15) is 0 Å². The molecule has 1 amide bonds. The number of alkyl halides is 3. The predicted molar refractivity (Wildman–Crippen MR) is 104 cm³/mol. The summed E-state index contributed by atoms with van der Waals surface area (Å²) in [5.74, 6) is -0.620. The first-order chi connectivity index (χ1) is 14.3. The molecule has 3 rings (SSSR count). The molecule has 1 N–H and O–H groups in total. The molecule has 0 bridgehead atoms. The molecule has 1 aromatic rings. The fourth-order valence-corrected chi connectivity index (χ4v) is 4.11. The summed E-state index contributed by atoms with van der Waals surface area (Å²) in [7, 11) is 0. The Bertz CT molecular complexity index is 742. The maximum atomic E-state index is 13.0. The summed E-state index contributed by atoms with van der Waals surface area (Å²) >= 11 is 0. The zero-order chi connectivity index (χ0) is 21.7. The first kappa shape index (κ1) is 22.6. The van der Waals surface area contributed by atoms with Crippen LogP contribution in [0.25, 0.3) is 0 Å². The van der Waals surface area contributed by atoms with Crippen molar-refractivity contribution >= 4 is 5.91 Å². The van der Waals surface area contributed by atoms with E-state index >= 15 is 0 Å². The summed E-state index contributed by atoms with van der Waals surface area (Å²) in [6.07, 6.45) is -0.483. The molecule has 3 atom stereocenters. The molecule has 0 aromatic heterocycles. The van der Waals surface area contributed by atoms with Crippen molar-refractivity contribution in [1.82, 2.24) is 4.90 Å². The second-order valence-electron chi connectivity index (χ2n) is 7.65. The van der Waals surface area contributed by atoms with E-state index in [1.54, 1.807) is 11.0 Å². The second kappa shape index (κ2) is 9.83. The van der Waals surface area contributed by atoms with Crippen LogP contribution in [0.4, 0.5) is 13.2 Å². The van der Waals surface area contributed by atoms with Crippen LogP contribution in [0.2, 0.25) is 0 Å². The van der Waals surface area contributed by atoms with Crippen LogP contribution in [0, 0.1) is 5.92 Å². The van der Waals surface area contributed by atoms with E-state index in [2.05, 4.69) is 0 Å². The van der Waals surface area contributed by atoms with Crippen molar-refractivity contribution in [3.8, 4) is 0 Å². The lowest BCUT2D eigenvalue weighted by Gasteiger charge is -2.37. The molecule has 2 aliphatic heterocycles. The van der Waals surface area contributed by atoms with E-state index in [1.165, 1.54) is 12.1 Å². The van der Waals surface area contributed by atoms with Gasteiger partial charge in [-0.25, -0.2) is 0 Å². The summed E-state index contributed by atoms with van der Waals surface area (Å²) < 4.78 is 50.6. The number of amides is 1. The molecular formula is C22H28F3NO4. The number of aliphatic hydroxyl groups is 1. The number of hydrogen-bond donors (Lipinski definition) is 1. The largest absolute Gasteiger partial charge is 0.459 e. The van der Waals surface area contributed by atoms with E-state index in [4.69, 9.17) is 9.47 Å². The van der Waals surface area contributed by atoms with Crippen LogP contribution in [0.15, 0.2) is 36.1 Å². The predicted octanol–water partition coefficient (Wildman–Crippen LogP) is 4.08. The standard InChI is InChI=1S/C22H28F3NO4/c1-2-29-21-17(6-5-13-27)18(15-7-9-16(10-8-15)22(23,24)25)14-19(30-21)20(28)26-11-3-4-12-26/h7-10,14,17-18,21,27H,2-6,11-13H2,1H3/t17-,18-,21-/m1/s1. The Hall–Kier alpha value is -2.06. The monoisotopic (exact) mass is 427 g/mol. The lowest BCUT2D eigenvalue weighted by molar-refractivity contribution is -0.170. The molecule has 0 unspecified atom stereocenters. The minimum absolute atomic E-state index is 0.0155. The van der Waals surface area contributed by atoms with Gasteiger partial charge in [-0.2, -0.15) is 13.2 Å². The molecule has 8 heteroatoms. The van der Waals surface area contributed by atoms with Crippen LogP contribution < -0.4 is 0 Å². The molecule has 0 spiro atoms. The lowest BCUT2D eigenvalue weighted by atomic mass is 9.80. The van der Waals surface area contributed by atoms with Crippen molar-refractivity contribution in [3.05, 3.63) is 47.2 Å². The van der Waals surface area contributed by atoms with Gasteiger partial charge >= 0.3 is 6.18 Å². The van der Waals surface area contributed by atoms with Crippen molar-refractivity contribution < 1.29 is 32.5 Å². The number of rotatable bonds is 7. The minimum Gasteiger partial charge on any atom is -0.459 e. The molecule has 166 valence electrons. The molecule has 1 saturated heterocycles. The van der Waals surface area contributed by atoms with E-state index in [1.807, 2.05) is 6.92 Å². The summed E-state index contributed by atoms with van der Waals surface area (Å²) in [4.78, 5) is 14.7. The molecule has 0 saturated carbocycles. The topological polar surface area (TPSA) is 59.0 Å². The summed E-state index contributed by atoms with van der Waals surface area (Å²) in [6.45, 7) is 3.50. The fourth-order valence-electron chi connectivity index (χ4n) is 4.11. The third kappa shape index (κ3) is 5.16. The van der Waals surface area contributed by atoms with Crippen LogP contribution in [-0.4, -0.2) is 48.5 Å². The van der Waals surface area contributed by atoms with Crippen LogP contribution >= 0.6 is 0 Å². The van der Waals surface area contributed by atoms with Gasteiger partial charge in [0.2, 0.25) is 6.29 Å². The third-order valence-corrected chi connectivity index (χ3v) is 5.64. The van der Waals surface area contributed by atoms with Crippen LogP contribution in [-0.2, 0) is 20.4 Å². The van der Waals surface area contributed by atoms with Crippen molar-refractivity contribution in [1.29, 1.82) is 0 Å². The second-order valence-corrected chi connectivity index (χ2v) is 7.65. The number of allylic oxidation sites excluding steroid dienone is 1. The average molecular weight is 427 g/mol. The van der Waals surface area contributed by atoms with Gasteiger partial charge in [0.05, 0.1) is 5.56 Å². The number of aliphatic hydroxyl groups excluding tert-OH is 1. The van der Waals surface area contributed by atoms with E-state index in [9.17, 15) is 23.1 Å². The number of benzene rings is 1. The highest BCUT2D eigenvalue weighted by atomic mass is 19.4. The molecule has 0 radical (unpaired) electrons. The van der Waals surface area contributed by atoms with Crippen molar-refractivity contribution in [3.63, 3.8) is 0 Å². The van der Waals surface area contributed by atoms with E-state index in [0.29, 0.717) is 38.1 Å². The van der Waals surface area contributed by atoms with E-state index in [-0.39, 0.29) is 30.1 Å². The average Bonchev–Trinajstić information content (AvgIpc) is 3.26. The quantitative estimate of drug-likeness (QED) is 0.713. The minimum atomic E-state index is -4.41. The van der Waals surface area contributed by atoms with Gasteiger partial charge in [0.25, 0.3) is 5.91 Å². The van der Waals surface area contributed by atoms with Crippen LogP contribution in [0.5, 0.6) is 0 Å². The number of carbonyl (C=O) groups excluding carboxylic acids is 1. The van der Waals surface area contributed by atoms with Gasteiger partial charge in [-0.15, -0.1) is 0 Å². The number of hydrogen-bond acceptors (Lipinski definition) is 4. The van der Waals surface area contributed by atoms with E-state index in [0.717, 1.165) is 25.0 Å². The van der Waals surface area contributed by atoms with Gasteiger partial charge in [0.15, 0.2) is 5.76 Å². The molecule has 5 nitrogen and oxygen atoms in total. The molecular weight excluding hydrogens is 399 g/mol. The fraction of sp³-hybridized carbons (Fsp3) is 0.591. The molecule has 1 fully saturated rings. The Morgan fingerprint density at radius 2 is 1.90 bits per heavy atom. The molecule has 2 aliphatic rings. The maximum Gasteiger partial charge on any atom is 0.416 e.